The van der Waals surface area contributed by atoms with E-state index in [0.29, 0.717) is 12.3 Å². The van der Waals surface area contributed by atoms with Gasteiger partial charge in [0.2, 0.25) is 5.91 Å². The number of hydrogen-bond donors (Lipinski definition) is 2. The van der Waals surface area contributed by atoms with Crippen molar-refractivity contribution >= 4 is 17.7 Å². The summed E-state index contributed by atoms with van der Waals surface area (Å²) in [5.41, 5.74) is 3.29. The first-order valence-corrected chi connectivity index (χ1v) is 12.4. The molecule has 1 amide bonds. The maximum atomic E-state index is 13.3. The number of pyridine rings is 1. The van der Waals surface area contributed by atoms with Gasteiger partial charge in [-0.2, -0.15) is 0 Å². The Kier molecular flexibility index (Phi) is 6.34. The molecule has 2 aromatic rings. The van der Waals surface area contributed by atoms with Crippen LogP contribution < -0.4 is 5.32 Å². The quantitative estimate of drug-likeness (QED) is 0.709. The van der Waals surface area contributed by atoms with Gasteiger partial charge in [-0.15, -0.1) is 0 Å². The highest BCUT2D eigenvalue weighted by Crippen LogP contribution is 2.42. The smallest absolute Gasteiger partial charge is 0.311 e. The van der Waals surface area contributed by atoms with Crippen LogP contribution in [0, 0.1) is 11.8 Å². The first kappa shape index (κ1) is 21.9. The Morgan fingerprint density at radius 1 is 1.03 bits per heavy atom. The molecule has 6 heteroatoms. The fraction of sp³-hybridized carbons (Fsp3) is 0.519. The molecule has 2 fully saturated rings. The number of hydrogen-bond acceptors (Lipinski definition) is 4. The number of amides is 1. The Morgan fingerprint density at radius 3 is 2.58 bits per heavy atom. The molecule has 2 N–H and O–H groups in total. The van der Waals surface area contributed by atoms with Crippen LogP contribution in [0.2, 0.25) is 0 Å². The fourth-order valence-electron chi connectivity index (χ4n) is 6.04. The molecule has 1 aliphatic carbocycles. The van der Waals surface area contributed by atoms with Crippen molar-refractivity contribution in [3.8, 4) is 0 Å². The van der Waals surface area contributed by atoms with Crippen molar-refractivity contribution in [2.75, 3.05) is 25.0 Å². The summed E-state index contributed by atoms with van der Waals surface area (Å²) in [4.78, 5) is 32.2. The lowest BCUT2D eigenvalue weighted by molar-refractivity contribution is -0.141. The van der Waals surface area contributed by atoms with Crippen LogP contribution in [-0.4, -0.2) is 46.5 Å². The molecule has 5 rings (SSSR count). The predicted molar refractivity (Wildman–Crippen MR) is 127 cm³/mol. The summed E-state index contributed by atoms with van der Waals surface area (Å²) >= 11 is 0. The molecule has 174 valence electrons. The van der Waals surface area contributed by atoms with Crippen molar-refractivity contribution in [3.05, 3.63) is 59.3 Å². The molecule has 0 spiro atoms. The summed E-state index contributed by atoms with van der Waals surface area (Å²) < 4.78 is 0. The number of carbonyl (C=O) groups excluding carboxylic acids is 1. The summed E-state index contributed by atoms with van der Waals surface area (Å²) in [7, 11) is 0. The Labute approximate surface area is 195 Å². The monoisotopic (exact) mass is 447 g/mol. The molecule has 1 saturated heterocycles. The second-order valence-corrected chi connectivity index (χ2v) is 9.87. The number of carboxylic acid groups (broad SMARTS) is 1. The van der Waals surface area contributed by atoms with Gasteiger partial charge in [-0.05, 0) is 68.1 Å². The maximum Gasteiger partial charge on any atom is 0.311 e. The number of piperidine rings is 1. The van der Waals surface area contributed by atoms with Gasteiger partial charge in [-0.25, -0.2) is 4.98 Å². The Balaban J connectivity index is 1.18. The van der Waals surface area contributed by atoms with Gasteiger partial charge in [-0.3, -0.25) is 9.59 Å². The number of anilines is 1. The molecule has 33 heavy (non-hydrogen) atoms. The van der Waals surface area contributed by atoms with E-state index < -0.39 is 11.9 Å². The summed E-state index contributed by atoms with van der Waals surface area (Å²) in [6.45, 7) is 2.52. The Morgan fingerprint density at radius 2 is 1.82 bits per heavy atom. The number of aromatic nitrogens is 1. The zero-order valence-corrected chi connectivity index (χ0v) is 19.1. The molecule has 6 nitrogen and oxygen atoms in total. The van der Waals surface area contributed by atoms with Gasteiger partial charge in [0.1, 0.15) is 5.82 Å². The van der Waals surface area contributed by atoms with E-state index in [1.54, 1.807) is 0 Å². The van der Waals surface area contributed by atoms with Crippen LogP contribution in [0.5, 0.6) is 0 Å². The van der Waals surface area contributed by atoms with E-state index in [1.165, 1.54) is 5.56 Å². The molecular formula is C27H33N3O3. The van der Waals surface area contributed by atoms with Crippen LogP contribution in [-0.2, 0) is 16.0 Å². The van der Waals surface area contributed by atoms with Crippen LogP contribution >= 0.6 is 0 Å². The summed E-state index contributed by atoms with van der Waals surface area (Å²) in [5, 5.41) is 13.3. The maximum absolute atomic E-state index is 13.3. The molecule has 0 bridgehead atoms. The lowest BCUT2D eigenvalue weighted by atomic mass is 9.84. The predicted octanol–water partition coefficient (Wildman–Crippen LogP) is 4.43. The third kappa shape index (κ3) is 4.61. The van der Waals surface area contributed by atoms with Crippen LogP contribution in [0.25, 0.3) is 0 Å². The van der Waals surface area contributed by atoms with Gasteiger partial charge in [0, 0.05) is 37.2 Å². The van der Waals surface area contributed by atoms with Crippen molar-refractivity contribution in [1.82, 2.24) is 9.88 Å². The van der Waals surface area contributed by atoms with E-state index in [1.807, 2.05) is 35.2 Å². The van der Waals surface area contributed by atoms with Gasteiger partial charge in [0.05, 0.1) is 5.92 Å². The number of carbonyl (C=O) groups is 2. The molecule has 1 saturated carbocycles. The van der Waals surface area contributed by atoms with E-state index in [0.717, 1.165) is 75.2 Å². The standard InChI is InChI=1S/C27H33N3O3/c31-26(22-9-8-21(17-22)24(27(32)33)19-5-2-1-3-6-19)30-15-12-18(13-16-30)23-11-10-20-7-4-14-28-25(20)29-23/h1-3,5-6,10-11,18,21-22,24H,4,7-9,12-17H2,(H,28,29)(H,32,33)/t21?,22-,24-/m1/s1. The lowest BCUT2D eigenvalue weighted by Gasteiger charge is -2.34. The zero-order valence-electron chi connectivity index (χ0n) is 19.1. The second kappa shape index (κ2) is 9.54. The van der Waals surface area contributed by atoms with Gasteiger partial charge < -0.3 is 15.3 Å². The molecule has 3 heterocycles. The summed E-state index contributed by atoms with van der Waals surface area (Å²) in [6, 6.07) is 13.9. The molecule has 1 unspecified atom stereocenters. The largest absolute Gasteiger partial charge is 0.481 e. The van der Waals surface area contributed by atoms with Gasteiger partial charge in [-0.1, -0.05) is 36.4 Å². The highest BCUT2D eigenvalue weighted by atomic mass is 16.4. The lowest BCUT2D eigenvalue weighted by Crippen LogP contribution is -2.41. The van der Waals surface area contributed by atoms with Gasteiger partial charge >= 0.3 is 5.97 Å². The van der Waals surface area contributed by atoms with E-state index in [-0.39, 0.29) is 17.7 Å². The van der Waals surface area contributed by atoms with E-state index in [4.69, 9.17) is 4.98 Å². The van der Waals surface area contributed by atoms with E-state index in [9.17, 15) is 14.7 Å². The molecule has 3 atom stereocenters. The number of benzene rings is 1. The average molecular weight is 448 g/mol. The van der Waals surface area contributed by atoms with Crippen LogP contribution in [0.1, 0.15) is 67.2 Å². The van der Waals surface area contributed by atoms with Crippen molar-refractivity contribution < 1.29 is 14.7 Å². The molecule has 1 aromatic heterocycles. The van der Waals surface area contributed by atoms with Gasteiger partial charge in [0.25, 0.3) is 0 Å². The van der Waals surface area contributed by atoms with Crippen LogP contribution in [0.3, 0.4) is 0 Å². The van der Waals surface area contributed by atoms with Crippen molar-refractivity contribution in [2.24, 2.45) is 11.8 Å². The molecule has 0 radical (unpaired) electrons. The van der Waals surface area contributed by atoms with Crippen molar-refractivity contribution in [1.29, 1.82) is 0 Å². The second-order valence-electron chi connectivity index (χ2n) is 9.87. The van der Waals surface area contributed by atoms with E-state index in [2.05, 4.69) is 17.4 Å². The third-order valence-electron chi connectivity index (χ3n) is 7.86. The minimum Gasteiger partial charge on any atom is -0.481 e. The highest BCUT2D eigenvalue weighted by molar-refractivity contribution is 5.80. The zero-order chi connectivity index (χ0) is 22.8. The fourth-order valence-corrected chi connectivity index (χ4v) is 6.04. The topological polar surface area (TPSA) is 82.5 Å². The van der Waals surface area contributed by atoms with Crippen molar-refractivity contribution in [3.63, 3.8) is 0 Å². The molecule has 2 aliphatic heterocycles. The normalized spacial score (nSPS) is 24.1. The number of aliphatic carboxylic acids is 1. The van der Waals surface area contributed by atoms with Crippen LogP contribution in [0.4, 0.5) is 5.82 Å². The Hall–Kier alpha value is -2.89. The van der Waals surface area contributed by atoms with Gasteiger partial charge in [0.15, 0.2) is 0 Å². The number of rotatable bonds is 5. The third-order valence-corrected chi connectivity index (χ3v) is 7.86. The minimum atomic E-state index is -0.785. The minimum absolute atomic E-state index is 0.0172. The number of aryl methyl sites for hydroxylation is 1. The van der Waals surface area contributed by atoms with Crippen LogP contribution in [0.15, 0.2) is 42.5 Å². The Bertz CT molecular complexity index is 1000. The number of carboxylic acids is 1. The first-order chi connectivity index (χ1) is 16.1. The molecule has 3 aliphatic rings. The number of nitrogens with zero attached hydrogens (tertiary/aromatic N) is 2. The average Bonchev–Trinajstić information content (AvgIpc) is 3.33. The number of fused-ring (bicyclic) bond motifs is 1. The summed E-state index contributed by atoms with van der Waals surface area (Å²) in [5.74, 6) is 0.306. The SMILES string of the molecule is O=C(O)[C@H](c1ccccc1)C1CC[C@@H](C(=O)N2CCC(c3ccc4c(n3)NCCC4)CC2)C1. The molecule has 1 aromatic carbocycles. The number of nitrogens with one attached hydrogen (secondary N) is 1. The van der Waals surface area contributed by atoms with Crippen molar-refractivity contribution in [2.45, 2.75) is 56.8 Å². The van der Waals surface area contributed by atoms with E-state index >= 15 is 0 Å². The first-order valence-electron chi connectivity index (χ1n) is 12.4. The highest BCUT2D eigenvalue weighted by Gasteiger charge is 2.40. The summed E-state index contributed by atoms with van der Waals surface area (Å²) in [6.07, 6.45) is 6.39. The molecular weight excluding hydrogens is 414 g/mol. The number of likely N-dealkylation sites (tertiary alicyclic amines) is 1.